The van der Waals surface area contributed by atoms with Gasteiger partial charge in [0.1, 0.15) is 11.6 Å². The molecule has 2 heterocycles. The predicted octanol–water partition coefficient (Wildman–Crippen LogP) is 3.18. The lowest BCUT2D eigenvalue weighted by atomic mass is 9.90. The Balaban J connectivity index is 2.36. The summed E-state index contributed by atoms with van der Waals surface area (Å²) >= 11 is 0. The molecular weight excluding hydrogens is 300 g/mol. The molecule has 1 unspecified atom stereocenters. The molecule has 5 heteroatoms. The maximum atomic E-state index is 11.4. The van der Waals surface area contributed by atoms with Crippen molar-refractivity contribution in [3.8, 4) is 0 Å². The van der Waals surface area contributed by atoms with Crippen LogP contribution in [0.15, 0.2) is 6.07 Å². The first-order chi connectivity index (χ1) is 11.0. The first kappa shape index (κ1) is 18.7. The number of amides is 1. The summed E-state index contributed by atoms with van der Waals surface area (Å²) in [7, 11) is 0. The lowest BCUT2D eigenvalue weighted by Gasteiger charge is -2.35. The lowest BCUT2D eigenvalue weighted by molar-refractivity contribution is -0.119. The van der Waals surface area contributed by atoms with Gasteiger partial charge in [0, 0.05) is 43.0 Å². The third kappa shape index (κ3) is 4.68. The van der Waals surface area contributed by atoms with Crippen LogP contribution in [0.2, 0.25) is 0 Å². The third-order valence-electron chi connectivity index (χ3n) is 4.30. The first-order valence-electron chi connectivity index (χ1n) is 8.89. The van der Waals surface area contributed by atoms with E-state index in [1.165, 1.54) is 0 Å². The SMILES string of the molecule is CC(=O)NC1CCCN(c2cc(C(C)(C)C)nc(C(C)(C)C)n2)C1. The zero-order valence-corrected chi connectivity index (χ0v) is 16.2. The highest BCUT2D eigenvalue weighted by atomic mass is 16.1. The zero-order chi connectivity index (χ0) is 18.1. The fraction of sp³-hybridized carbons (Fsp3) is 0.737. The summed E-state index contributed by atoms with van der Waals surface area (Å²) in [5.74, 6) is 1.90. The van der Waals surface area contributed by atoms with Gasteiger partial charge in [0.2, 0.25) is 5.91 Å². The highest BCUT2D eigenvalue weighted by molar-refractivity contribution is 5.73. The molecule has 24 heavy (non-hydrogen) atoms. The van der Waals surface area contributed by atoms with E-state index < -0.39 is 0 Å². The highest BCUT2D eigenvalue weighted by Gasteiger charge is 2.27. The average Bonchev–Trinajstić information content (AvgIpc) is 2.44. The molecule has 1 aliphatic heterocycles. The van der Waals surface area contributed by atoms with Crippen LogP contribution < -0.4 is 10.2 Å². The van der Waals surface area contributed by atoms with Crippen LogP contribution >= 0.6 is 0 Å². The number of anilines is 1. The molecule has 0 spiro atoms. The maximum Gasteiger partial charge on any atom is 0.217 e. The molecule has 0 aliphatic carbocycles. The Labute approximate surface area is 146 Å². The summed E-state index contributed by atoms with van der Waals surface area (Å²) in [5.41, 5.74) is 0.951. The van der Waals surface area contributed by atoms with Crippen molar-refractivity contribution in [3.63, 3.8) is 0 Å². The minimum absolute atomic E-state index is 0.0233. The van der Waals surface area contributed by atoms with Crippen molar-refractivity contribution in [3.05, 3.63) is 17.6 Å². The van der Waals surface area contributed by atoms with E-state index in [0.717, 1.165) is 43.3 Å². The van der Waals surface area contributed by atoms with Gasteiger partial charge in [0.15, 0.2) is 0 Å². The predicted molar refractivity (Wildman–Crippen MR) is 98.5 cm³/mol. The average molecular weight is 332 g/mol. The van der Waals surface area contributed by atoms with Gasteiger partial charge in [-0.15, -0.1) is 0 Å². The smallest absolute Gasteiger partial charge is 0.217 e. The van der Waals surface area contributed by atoms with E-state index in [0.29, 0.717) is 0 Å². The van der Waals surface area contributed by atoms with Crippen molar-refractivity contribution >= 4 is 11.7 Å². The van der Waals surface area contributed by atoms with Crippen molar-refractivity contribution in [1.29, 1.82) is 0 Å². The van der Waals surface area contributed by atoms with Gasteiger partial charge in [-0.05, 0) is 12.8 Å². The Hall–Kier alpha value is -1.65. The fourth-order valence-corrected chi connectivity index (χ4v) is 2.91. The molecule has 1 saturated heterocycles. The van der Waals surface area contributed by atoms with E-state index in [1.54, 1.807) is 6.92 Å². The van der Waals surface area contributed by atoms with Crippen molar-refractivity contribution in [2.75, 3.05) is 18.0 Å². The van der Waals surface area contributed by atoms with Crippen LogP contribution in [0.5, 0.6) is 0 Å². The summed E-state index contributed by atoms with van der Waals surface area (Å²) in [4.78, 5) is 23.3. The number of rotatable bonds is 2. The third-order valence-corrected chi connectivity index (χ3v) is 4.30. The second-order valence-corrected chi connectivity index (χ2v) is 8.92. The normalized spacial score (nSPS) is 19.3. The Morgan fingerprint density at radius 3 is 2.38 bits per heavy atom. The number of carbonyl (C=O) groups is 1. The molecule has 1 aliphatic rings. The summed E-state index contributed by atoms with van der Waals surface area (Å²) in [5, 5.41) is 3.05. The molecule has 0 aromatic carbocycles. The van der Waals surface area contributed by atoms with Gasteiger partial charge in [-0.25, -0.2) is 9.97 Å². The maximum absolute atomic E-state index is 11.4. The molecular formula is C19H32N4O. The molecule has 1 atom stereocenters. The minimum atomic E-state index is -0.0944. The first-order valence-corrected chi connectivity index (χ1v) is 8.89. The number of hydrogen-bond donors (Lipinski definition) is 1. The number of aromatic nitrogens is 2. The molecule has 1 aromatic rings. The Morgan fingerprint density at radius 1 is 1.17 bits per heavy atom. The minimum Gasteiger partial charge on any atom is -0.354 e. The van der Waals surface area contributed by atoms with Crippen LogP contribution in [0.3, 0.4) is 0 Å². The van der Waals surface area contributed by atoms with Gasteiger partial charge in [-0.3, -0.25) is 4.79 Å². The number of carbonyl (C=O) groups excluding carboxylic acids is 1. The molecule has 1 amide bonds. The van der Waals surface area contributed by atoms with Gasteiger partial charge in [-0.2, -0.15) is 0 Å². The van der Waals surface area contributed by atoms with Crippen LogP contribution in [0.25, 0.3) is 0 Å². The molecule has 1 fully saturated rings. The number of nitrogens with one attached hydrogen (secondary N) is 1. The second-order valence-electron chi connectivity index (χ2n) is 8.92. The number of hydrogen-bond acceptors (Lipinski definition) is 4. The van der Waals surface area contributed by atoms with E-state index >= 15 is 0 Å². The highest BCUT2D eigenvalue weighted by Crippen LogP contribution is 2.29. The number of piperidine rings is 1. The number of nitrogens with zero attached hydrogens (tertiary/aromatic N) is 3. The van der Waals surface area contributed by atoms with Crippen LogP contribution in [0.1, 0.15) is 72.8 Å². The standard InChI is InChI=1S/C19H32N4O/c1-13(24)20-14-9-8-10-23(12-14)16-11-15(18(2,3)4)21-17(22-16)19(5,6)7/h11,14H,8-10,12H2,1-7H3,(H,20,24). The van der Waals surface area contributed by atoms with E-state index in [1.807, 2.05) is 0 Å². The molecule has 0 bridgehead atoms. The molecule has 134 valence electrons. The van der Waals surface area contributed by atoms with Crippen molar-refractivity contribution in [2.24, 2.45) is 0 Å². The van der Waals surface area contributed by atoms with Gasteiger partial charge >= 0.3 is 0 Å². The summed E-state index contributed by atoms with van der Waals surface area (Å²) < 4.78 is 0. The lowest BCUT2D eigenvalue weighted by Crippen LogP contribution is -2.47. The van der Waals surface area contributed by atoms with E-state index in [9.17, 15) is 4.79 Å². The van der Waals surface area contributed by atoms with Crippen molar-refractivity contribution in [2.45, 2.75) is 78.2 Å². The van der Waals surface area contributed by atoms with Crippen LogP contribution in [0.4, 0.5) is 5.82 Å². The van der Waals surface area contributed by atoms with Crippen molar-refractivity contribution < 1.29 is 4.79 Å². The Morgan fingerprint density at radius 2 is 1.83 bits per heavy atom. The molecule has 1 N–H and O–H groups in total. The molecule has 5 nitrogen and oxygen atoms in total. The largest absolute Gasteiger partial charge is 0.354 e. The zero-order valence-electron chi connectivity index (χ0n) is 16.2. The van der Waals surface area contributed by atoms with Gasteiger partial charge in [0.05, 0.1) is 5.69 Å². The molecule has 2 rings (SSSR count). The summed E-state index contributed by atoms with van der Waals surface area (Å²) in [6.45, 7) is 16.4. The van der Waals surface area contributed by atoms with E-state index in [2.05, 4.69) is 57.8 Å². The molecule has 0 radical (unpaired) electrons. The topological polar surface area (TPSA) is 58.1 Å². The van der Waals surface area contributed by atoms with Gasteiger partial charge in [-0.1, -0.05) is 41.5 Å². The van der Waals surface area contributed by atoms with Crippen molar-refractivity contribution in [1.82, 2.24) is 15.3 Å². The van der Waals surface area contributed by atoms with E-state index in [4.69, 9.17) is 9.97 Å². The summed E-state index contributed by atoms with van der Waals surface area (Å²) in [6.07, 6.45) is 2.09. The summed E-state index contributed by atoms with van der Waals surface area (Å²) in [6, 6.07) is 2.31. The monoisotopic (exact) mass is 332 g/mol. The van der Waals surface area contributed by atoms with Crippen LogP contribution in [0, 0.1) is 0 Å². The fourth-order valence-electron chi connectivity index (χ4n) is 2.91. The molecule has 1 aromatic heterocycles. The van der Waals surface area contributed by atoms with E-state index in [-0.39, 0.29) is 22.8 Å². The Kier molecular flexibility index (Phi) is 5.21. The molecule has 0 saturated carbocycles. The van der Waals surface area contributed by atoms with Crippen LogP contribution in [-0.4, -0.2) is 35.0 Å². The van der Waals surface area contributed by atoms with Gasteiger partial charge < -0.3 is 10.2 Å². The second kappa shape index (κ2) is 6.69. The van der Waals surface area contributed by atoms with Gasteiger partial charge in [0.25, 0.3) is 0 Å². The quantitative estimate of drug-likeness (QED) is 0.904. The van der Waals surface area contributed by atoms with Crippen LogP contribution in [-0.2, 0) is 15.6 Å². The Bertz CT molecular complexity index is 566.